The molecule has 4 N–H and O–H groups in total. The first-order chi connectivity index (χ1) is 18.8. The first-order valence-electron chi connectivity index (χ1n) is 11.9. The van der Waals surface area contributed by atoms with Crippen molar-refractivity contribution >= 4 is 35.3 Å². The molecule has 0 saturated heterocycles. The van der Waals surface area contributed by atoms with E-state index in [0.29, 0.717) is 22.5 Å². The van der Waals surface area contributed by atoms with Gasteiger partial charge in [0.25, 0.3) is 0 Å². The number of anilines is 2. The Labute approximate surface area is 225 Å². The van der Waals surface area contributed by atoms with Crippen molar-refractivity contribution in [1.29, 1.82) is 0 Å². The molecule has 0 aliphatic heterocycles. The highest BCUT2D eigenvalue weighted by Crippen LogP contribution is 2.07. The second-order valence-electron chi connectivity index (χ2n) is 7.67. The Morgan fingerprint density at radius 1 is 0.462 bits per heavy atom. The summed E-state index contributed by atoms with van der Waals surface area (Å²) in [6.07, 6.45) is 0. The van der Waals surface area contributed by atoms with Gasteiger partial charge in [0, 0.05) is 11.4 Å². The number of esters is 4. The normalized spacial score (nSPS) is 10.5. The van der Waals surface area contributed by atoms with Gasteiger partial charge in [-0.25, -0.2) is 19.2 Å². The molecular weight excluding hydrogens is 516 g/mol. The maximum absolute atomic E-state index is 11.8. The fourth-order valence-corrected chi connectivity index (χ4v) is 2.72. The fraction of sp³-hybridized carbons (Fsp3) is 0.385. The van der Waals surface area contributed by atoms with Crippen LogP contribution in [-0.4, -0.2) is 89.9 Å². The molecule has 0 aliphatic carbocycles. The van der Waals surface area contributed by atoms with Gasteiger partial charge in [-0.05, 0) is 48.5 Å². The number of hydrogen-bond donors (Lipinski definition) is 2. The summed E-state index contributed by atoms with van der Waals surface area (Å²) in [4.78, 5) is 46.8. The number of nitrogens with two attached hydrogens (primary N) is 2. The van der Waals surface area contributed by atoms with Crippen LogP contribution in [0.3, 0.4) is 0 Å². The lowest BCUT2D eigenvalue weighted by Gasteiger charge is -2.09. The maximum atomic E-state index is 11.8. The predicted octanol–water partition coefficient (Wildman–Crippen LogP) is 1.00. The molecule has 212 valence electrons. The Morgan fingerprint density at radius 3 is 1.18 bits per heavy atom. The van der Waals surface area contributed by atoms with Crippen LogP contribution in [0.25, 0.3) is 0 Å². The van der Waals surface area contributed by atoms with Crippen LogP contribution in [0.5, 0.6) is 0 Å². The monoisotopic (exact) mass is 548 g/mol. The maximum Gasteiger partial charge on any atom is 0.338 e. The molecule has 39 heavy (non-hydrogen) atoms. The Bertz CT molecular complexity index is 959. The minimum atomic E-state index is -0.605. The molecule has 0 amide bonds. The van der Waals surface area contributed by atoms with Crippen molar-refractivity contribution in [2.75, 3.05) is 77.5 Å². The van der Waals surface area contributed by atoms with Crippen LogP contribution in [0.4, 0.5) is 11.4 Å². The van der Waals surface area contributed by atoms with E-state index in [1.807, 2.05) is 0 Å². The van der Waals surface area contributed by atoms with Crippen LogP contribution >= 0.6 is 0 Å². The molecule has 2 aromatic carbocycles. The summed E-state index contributed by atoms with van der Waals surface area (Å²) in [5, 5.41) is 0. The molecule has 0 unspecified atom stereocenters. The van der Waals surface area contributed by atoms with Crippen LogP contribution in [0.2, 0.25) is 0 Å². The predicted molar refractivity (Wildman–Crippen MR) is 137 cm³/mol. The summed E-state index contributed by atoms with van der Waals surface area (Å²) in [6.45, 7) is -0.456. The third kappa shape index (κ3) is 13.8. The quantitative estimate of drug-likeness (QED) is 0.116. The molecule has 0 atom stereocenters. The first-order valence-corrected chi connectivity index (χ1v) is 11.9. The molecule has 0 saturated carbocycles. The van der Waals surface area contributed by atoms with Crippen molar-refractivity contribution in [2.45, 2.75) is 0 Å². The number of carbonyl (C=O) groups excluding carboxylic acids is 4. The number of hydrogen-bond acceptors (Lipinski definition) is 13. The summed E-state index contributed by atoms with van der Waals surface area (Å²) in [7, 11) is 0. The second kappa shape index (κ2) is 18.1. The van der Waals surface area contributed by atoms with Crippen molar-refractivity contribution in [2.24, 2.45) is 0 Å². The van der Waals surface area contributed by atoms with E-state index >= 15 is 0 Å². The third-order valence-corrected chi connectivity index (χ3v) is 4.64. The molecule has 0 spiro atoms. The van der Waals surface area contributed by atoms with Crippen molar-refractivity contribution < 1.29 is 52.3 Å². The smallest absolute Gasteiger partial charge is 0.338 e. The molecule has 0 heterocycles. The standard InChI is InChI=1S/C26H32N2O11/c27-21-5-1-19(2-6-21)25(31)38-15-11-34-17-23(29)36-13-9-33-10-14-37-24(30)18-35-12-16-39-26(32)20-3-7-22(28)8-4-20/h1-8H,9-18,27-28H2. The SMILES string of the molecule is Nc1ccc(C(=O)OCCOCC(=O)OCCOCCOC(=O)COCCOC(=O)c2ccc(N)cc2)cc1. The van der Waals surface area contributed by atoms with E-state index in [0.717, 1.165) is 0 Å². The molecule has 13 heteroatoms. The fourth-order valence-electron chi connectivity index (χ4n) is 2.72. The van der Waals surface area contributed by atoms with Crippen molar-refractivity contribution in [3.8, 4) is 0 Å². The highest BCUT2D eigenvalue weighted by Gasteiger charge is 2.09. The number of carbonyl (C=O) groups is 4. The highest BCUT2D eigenvalue weighted by atomic mass is 16.6. The van der Waals surface area contributed by atoms with Gasteiger partial charge < -0.3 is 44.6 Å². The summed E-state index contributed by atoms with van der Waals surface area (Å²) >= 11 is 0. The number of rotatable bonds is 18. The van der Waals surface area contributed by atoms with Crippen molar-refractivity contribution in [1.82, 2.24) is 0 Å². The lowest BCUT2D eigenvalue weighted by Crippen LogP contribution is -2.20. The summed E-state index contributed by atoms with van der Waals surface area (Å²) in [5.74, 6) is -2.26. The third-order valence-electron chi connectivity index (χ3n) is 4.64. The van der Waals surface area contributed by atoms with Gasteiger partial charge in [0.1, 0.15) is 39.6 Å². The van der Waals surface area contributed by atoms with Gasteiger partial charge in [0.2, 0.25) is 0 Å². The molecule has 0 bridgehead atoms. The molecular formula is C26H32N2O11. The Hall–Kier alpha value is -4.20. The summed E-state index contributed by atoms with van der Waals surface area (Å²) in [5.41, 5.74) is 12.9. The summed E-state index contributed by atoms with van der Waals surface area (Å²) < 4.78 is 35.3. The van der Waals surface area contributed by atoms with Crippen molar-refractivity contribution in [3.05, 3.63) is 59.7 Å². The van der Waals surface area contributed by atoms with E-state index in [1.54, 1.807) is 48.5 Å². The van der Waals surface area contributed by atoms with Gasteiger partial charge in [0.15, 0.2) is 0 Å². The van der Waals surface area contributed by atoms with E-state index < -0.39 is 23.9 Å². The summed E-state index contributed by atoms with van der Waals surface area (Å²) in [6, 6.07) is 12.5. The van der Waals surface area contributed by atoms with Crippen LogP contribution in [0.1, 0.15) is 20.7 Å². The topological polar surface area (TPSA) is 185 Å². The molecule has 0 fully saturated rings. The van der Waals surface area contributed by atoms with E-state index in [-0.39, 0.29) is 66.1 Å². The molecule has 0 radical (unpaired) electrons. The van der Waals surface area contributed by atoms with Crippen LogP contribution in [-0.2, 0) is 42.7 Å². The Kier molecular flexibility index (Phi) is 14.4. The molecule has 2 rings (SSSR count). The van der Waals surface area contributed by atoms with Gasteiger partial charge in [-0.15, -0.1) is 0 Å². The molecule has 0 aromatic heterocycles. The molecule has 13 nitrogen and oxygen atoms in total. The molecule has 0 aliphatic rings. The van der Waals surface area contributed by atoms with Crippen molar-refractivity contribution in [3.63, 3.8) is 0 Å². The van der Waals surface area contributed by atoms with E-state index in [2.05, 4.69) is 0 Å². The lowest BCUT2D eigenvalue weighted by atomic mass is 10.2. The Morgan fingerprint density at radius 2 is 0.795 bits per heavy atom. The highest BCUT2D eigenvalue weighted by molar-refractivity contribution is 5.90. The van der Waals surface area contributed by atoms with Crippen LogP contribution < -0.4 is 11.5 Å². The van der Waals surface area contributed by atoms with E-state index in [9.17, 15) is 19.2 Å². The zero-order valence-electron chi connectivity index (χ0n) is 21.3. The minimum absolute atomic E-state index is 0.0134. The number of benzene rings is 2. The minimum Gasteiger partial charge on any atom is -0.462 e. The largest absolute Gasteiger partial charge is 0.462 e. The Balaban J connectivity index is 1.36. The zero-order valence-corrected chi connectivity index (χ0v) is 21.3. The van der Waals surface area contributed by atoms with Gasteiger partial charge in [-0.2, -0.15) is 0 Å². The van der Waals surface area contributed by atoms with Crippen LogP contribution in [0.15, 0.2) is 48.5 Å². The zero-order chi connectivity index (χ0) is 28.3. The number of nitrogen functional groups attached to an aromatic ring is 2. The van der Waals surface area contributed by atoms with Crippen LogP contribution in [0, 0.1) is 0 Å². The average molecular weight is 549 g/mol. The second-order valence-corrected chi connectivity index (χ2v) is 7.67. The lowest BCUT2D eigenvalue weighted by molar-refractivity contribution is -0.152. The van der Waals surface area contributed by atoms with Gasteiger partial charge >= 0.3 is 23.9 Å². The van der Waals surface area contributed by atoms with E-state index in [1.165, 1.54) is 0 Å². The van der Waals surface area contributed by atoms with E-state index in [4.69, 9.17) is 44.6 Å². The first kappa shape index (κ1) is 31.0. The van der Waals surface area contributed by atoms with Gasteiger partial charge in [-0.3, -0.25) is 0 Å². The molecule has 2 aromatic rings. The number of ether oxygens (including phenoxy) is 7. The average Bonchev–Trinajstić information content (AvgIpc) is 2.92. The van der Waals surface area contributed by atoms with Gasteiger partial charge in [0.05, 0.1) is 37.6 Å². The van der Waals surface area contributed by atoms with Gasteiger partial charge in [-0.1, -0.05) is 0 Å².